The topological polar surface area (TPSA) is 89.5 Å². The van der Waals surface area contributed by atoms with E-state index in [4.69, 9.17) is 0 Å². The van der Waals surface area contributed by atoms with Gasteiger partial charge in [-0.25, -0.2) is 0 Å². The van der Waals surface area contributed by atoms with E-state index in [0.717, 1.165) is 25.7 Å². The third-order valence-electron chi connectivity index (χ3n) is 3.85. The van der Waals surface area contributed by atoms with Crippen molar-refractivity contribution < 1.29 is 19.8 Å². The number of carboxylic acids is 1. The van der Waals surface area contributed by atoms with Crippen molar-refractivity contribution in [3.63, 3.8) is 0 Å². The van der Waals surface area contributed by atoms with Crippen LogP contribution in [0.2, 0.25) is 0 Å². The molecule has 108 valence electrons. The summed E-state index contributed by atoms with van der Waals surface area (Å²) < 4.78 is 0. The number of rotatable bonds is 5. The largest absolute Gasteiger partial charge is 0.550 e. The molecule has 1 amide bonds. The van der Waals surface area contributed by atoms with Crippen LogP contribution in [0.25, 0.3) is 0 Å². The molecule has 1 aliphatic carbocycles. The third-order valence-corrected chi connectivity index (χ3v) is 3.85. The lowest BCUT2D eigenvalue weighted by molar-refractivity contribution is -0.308. The summed E-state index contributed by atoms with van der Waals surface area (Å²) in [6.45, 7) is 0. The van der Waals surface area contributed by atoms with E-state index >= 15 is 0 Å². The zero-order chi connectivity index (χ0) is 14.6. The fourth-order valence-corrected chi connectivity index (χ4v) is 2.98. The van der Waals surface area contributed by atoms with Crippen LogP contribution in [0, 0.1) is 5.41 Å². The van der Waals surface area contributed by atoms with Crippen molar-refractivity contribution in [1.29, 1.82) is 0 Å². The van der Waals surface area contributed by atoms with Gasteiger partial charge in [0.05, 0.1) is 0 Å². The maximum atomic E-state index is 12.1. The van der Waals surface area contributed by atoms with Crippen LogP contribution in [-0.2, 0) is 9.59 Å². The molecule has 0 saturated heterocycles. The van der Waals surface area contributed by atoms with Crippen molar-refractivity contribution in [2.45, 2.75) is 38.5 Å². The zero-order valence-corrected chi connectivity index (χ0v) is 11.2. The van der Waals surface area contributed by atoms with Crippen LogP contribution in [0.5, 0.6) is 5.75 Å². The number of aliphatic carboxylic acids is 1. The van der Waals surface area contributed by atoms with Gasteiger partial charge in [-0.1, -0.05) is 18.9 Å². The molecule has 20 heavy (non-hydrogen) atoms. The molecule has 1 saturated carbocycles. The molecule has 1 aromatic rings. The number of hydrogen-bond acceptors (Lipinski definition) is 4. The molecule has 1 aliphatic rings. The fraction of sp³-hybridized carbons (Fsp3) is 0.467. The first-order valence-electron chi connectivity index (χ1n) is 6.78. The molecule has 0 spiro atoms. The van der Waals surface area contributed by atoms with Gasteiger partial charge in [-0.15, -0.1) is 0 Å². The van der Waals surface area contributed by atoms with Gasteiger partial charge < -0.3 is 20.3 Å². The van der Waals surface area contributed by atoms with Gasteiger partial charge in [0.2, 0.25) is 5.91 Å². The molecular formula is C15H18NO4-. The number of carboxylic acid groups (broad SMARTS) is 1. The van der Waals surface area contributed by atoms with Crippen LogP contribution in [0.15, 0.2) is 24.3 Å². The Labute approximate surface area is 117 Å². The highest BCUT2D eigenvalue weighted by molar-refractivity contribution is 5.91. The molecule has 2 rings (SSSR count). The molecule has 1 aromatic carbocycles. The third kappa shape index (κ3) is 3.73. The van der Waals surface area contributed by atoms with Crippen molar-refractivity contribution in [2.75, 3.05) is 5.32 Å². The van der Waals surface area contributed by atoms with Crippen LogP contribution in [-0.4, -0.2) is 17.0 Å². The van der Waals surface area contributed by atoms with E-state index in [1.807, 2.05) is 0 Å². The molecule has 2 N–H and O–H groups in total. The SMILES string of the molecule is O=C([O-])CC1(CC(=O)Nc2cccc(O)c2)CCCC1. The molecule has 0 aliphatic heterocycles. The van der Waals surface area contributed by atoms with Crippen molar-refractivity contribution in [3.05, 3.63) is 24.3 Å². The molecule has 0 heterocycles. The lowest BCUT2D eigenvalue weighted by Crippen LogP contribution is -2.33. The Balaban J connectivity index is 2.00. The molecule has 5 heteroatoms. The summed E-state index contributed by atoms with van der Waals surface area (Å²) >= 11 is 0. The molecule has 0 atom stereocenters. The van der Waals surface area contributed by atoms with E-state index < -0.39 is 11.4 Å². The van der Waals surface area contributed by atoms with Crippen LogP contribution >= 0.6 is 0 Å². The van der Waals surface area contributed by atoms with E-state index in [-0.39, 0.29) is 24.5 Å². The molecule has 0 radical (unpaired) electrons. The number of benzene rings is 1. The monoisotopic (exact) mass is 276 g/mol. The first-order chi connectivity index (χ1) is 9.49. The normalized spacial score (nSPS) is 16.8. The number of hydrogen-bond donors (Lipinski definition) is 2. The summed E-state index contributed by atoms with van der Waals surface area (Å²) in [5.41, 5.74) is 0.0383. The van der Waals surface area contributed by atoms with Gasteiger partial charge in [-0.3, -0.25) is 4.79 Å². The standard InChI is InChI=1S/C15H19NO4/c17-12-5-3-4-11(8-12)16-13(18)9-15(10-14(19)20)6-1-2-7-15/h3-5,8,17H,1-2,6-7,9-10H2,(H,16,18)(H,19,20)/p-1. The predicted molar refractivity (Wildman–Crippen MR) is 71.9 cm³/mol. The lowest BCUT2D eigenvalue weighted by Gasteiger charge is -2.28. The Bertz CT molecular complexity index is 506. The second-order valence-electron chi connectivity index (χ2n) is 5.53. The maximum absolute atomic E-state index is 12.1. The highest BCUT2D eigenvalue weighted by Crippen LogP contribution is 2.44. The first kappa shape index (κ1) is 14.4. The van der Waals surface area contributed by atoms with Gasteiger partial charge in [0, 0.05) is 24.1 Å². The summed E-state index contributed by atoms with van der Waals surface area (Å²) in [5, 5.41) is 22.9. The Morgan fingerprint density at radius 1 is 1.25 bits per heavy atom. The summed E-state index contributed by atoms with van der Waals surface area (Å²) in [6.07, 6.45) is 3.50. The smallest absolute Gasteiger partial charge is 0.224 e. The maximum Gasteiger partial charge on any atom is 0.224 e. The molecule has 1 fully saturated rings. The van der Waals surface area contributed by atoms with Gasteiger partial charge >= 0.3 is 0 Å². The second kappa shape index (κ2) is 5.94. The van der Waals surface area contributed by atoms with Gasteiger partial charge in [-0.05, 0) is 36.8 Å². The first-order valence-corrected chi connectivity index (χ1v) is 6.78. The average molecular weight is 276 g/mol. The van der Waals surface area contributed by atoms with Crippen LogP contribution in [0.4, 0.5) is 5.69 Å². The number of anilines is 1. The van der Waals surface area contributed by atoms with E-state index in [2.05, 4.69) is 5.32 Å². The van der Waals surface area contributed by atoms with Gasteiger partial charge in [-0.2, -0.15) is 0 Å². The number of phenolic OH excluding ortho intramolecular Hbond substituents is 1. The van der Waals surface area contributed by atoms with Crippen LogP contribution in [0.3, 0.4) is 0 Å². The lowest BCUT2D eigenvalue weighted by atomic mass is 9.79. The minimum Gasteiger partial charge on any atom is -0.550 e. The fourth-order valence-electron chi connectivity index (χ4n) is 2.98. The van der Waals surface area contributed by atoms with Crippen molar-refractivity contribution in [2.24, 2.45) is 5.41 Å². The predicted octanol–water partition coefficient (Wildman–Crippen LogP) is 1.42. The van der Waals surface area contributed by atoms with Crippen LogP contribution in [0.1, 0.15) is 38.5 Å². The Kier molecular flexibility index (Phi) is 4.27. The number of phenols is 1. The quantitative estimate of drug-likeness (QED) is 0.851. The zero-order valence-electron chi connectivity index (χ0n) is 11.2. The molecule has 0 bridgehead atoms. The summed E-state index contributed by atoms with van der Waals surface area (Å²) in [5.74, 6) is -1.25. The number of aromatic hydroxyl groups is 1. The van der Waals surface area contributed by atoms with Crippen LogP contribution < -0.4 is 10.4 Å². The van der Waals surface area contributed by atoms with Gasteiger partial charge in [0.25, 0.3) is 0 Å². The molecule has 0 unspecified atom stereocenters. The average Bonchev–Trinajstić information content (AvgIpc) is 2.75. The number of carbonyl (C=O) groups excluding carboxylic acids is 2. The molecule has 0 aromatic heterocycles. The van der Waals surface area contributed by atoms with Crippen molar-refractivity contribution in [3.8, 4) is 5.75 Å². The molecule has 5 nitrogen and oxygen atoms in total. The van der Waals surface area contributed by atoms with Crippen molar-refractivity contribution in [1.82, 2.24) is 0 Å². The number of carbonyl (C=O) groups is 2. The number of amides is 1. The van der Waals surface area contributed by atoms with E-state index in [9.17, 15) is 19.8 Å². The Morgan fingerprint density at radius 3 is 2.55 bits per heavy atom. The molecular weight excluding hydrogens is 258 g/mol. The van der Waals surface area contributed by atoms with E-state index in [1.54, 1.807) is 12.1 Å². The second-order valence-corrected chi connectivity index (χ2v) is 5.53. The van der Waals surface area contributed by atoms with E-state index in [1.165, 1.54) is 12.1 Å². The Morgan fingerprint density at radius 2 is 1.95 bits per heavy atom. The van der Waals surface area contributed by atoms with Gasteiger partial charge in [0.15, 0.2) is 0 Å². The van der Waals surface area contributed by atoms with E-state index in [0.29, 0.717) is 5.69 Å². The summed E-state index contributed by atoms with van der Waals surface area (Å²) in [4.78, 5) is 22.9. The number of nitrogens with one attached hydrogen (secondary N) is 1. The van der Waals surface area contributed by atoms with Crippen molar-refractivity contribution >= 4 is 17.6 Å². The van der Waals surface area contributed by atoms with Gasteiger partial charge in [0.1, 0.15) is 5.75 Å². The highest BCUT2D eigenvalue weighted by Gasteiger charge is 2.36. The highest BCUT2D eigenvalue weighted by atomic mass is 16.4. The minimum absolute atomic E-state index is 0.0690. The Hall–Kier alpha value is -2.04. The minimum atomic E-state index is -1.10. The summed E-state index contributed by atoms with van der Waals surface area (Å²) in [7, 11) is 0. The summed E-state index contributed by atoms with van der Waals surface area (Å²) in [6, 6.07) is 6.29.